The molecule has 2 aromatic heterocycles. The summed E-state index contributed by atoms with van der Waals surface area (Å²) in [4.78, 5) is 12.0. The lowest BCUT2D eigenvalue weighted by atomic mass is 10.1. The molecule has 6 heteroatoms. The minimum absolute atomic E-state index is 0. The second-order valence-electron chi connectivity index (χ2n) is 5.72. The molecule has 3 rings (SSSR count). The minimum atomic E-state index is 0. The van der Waals surface area contributed by atoms with Crippen LogP contribution in [0.4, 0.5) is 11.5 Å². The highest BCUT2D eigenvalue weighted by atomic mass is 16.0. The van der Waals surface area contributed by atoms with Crippen molar-refractivity contribution in [2.75, 3.05) is 23.7 Å². The second kappa shape index (κ2) is 7.79. The summed E-state index contributed by atoms with van der Waals surface area (Å²) in [6.07, 6.45) is 2.56. The van der Waals surface area contributed by atoms with E-state index < -0.39 is 0 Å². The van der Waals surface area contributed by atoms with Gasteiger partial charge in [0.05, 0.1) is 5.39 Å². The van der Waals surface area contributed by atoms with Crippen LogP contribution in [-0.4, -0.2) is 33.5 Å². The summed E-state index contributed by atoms with van der Waals surface area (Å²) in [6.45, 7) is 8.05. The van der Waals surface area contributed by atoms with E-state index in [9.17, 15) is 0 Å². The smallest absolute Gasteiger partial charge is 0.143 e. The highest BCUT2D eigenvalue weighted by Crippen LogP contribution is 2.25. The van der Waals surface area contributed by atoms with E-state index in [2.05, 4.69) is 70.6 Å². The normalized spacial score (nSPS) is 10.5. The van der Waals surface area contributed by atoms with Crippen molar-refractivity contribution in [2.24, 2.45) is 0 Å². The van der Waals surface area contributed by atoms with E-state index in [1.54, 1.807) is 6.33 Å². The Balaban J connectivity index is 0.00000208. The van der Waals surface area contributed by atoms with Gasteiger partial charge in [0.2, 0.25) is 0 Å². The molecule has 0 aliphatic rings. The molecule has 128 valence electrons. The highest BCUT2D eigenvalue weighted by Gasteiger charge is 2.10. The van der Waals surface area contributed by atoms with E-state index in [4.69, 9.17) is 0 Å². The fourth-order valence-electron chi connectivity index (χ4n) is 2.75. The molecule has 6 nitrogen and oxygen atoms in total. The molecule has 0 unspecified atom stereocenters. The zero-order valence-electron chi connectivity index (χ0n) is 14.4. The summed E-state index contributed by atoms with van der Waals surface area (Å²) in [6, 6.07) is 8.59. The third-order valence-corrected chi connectivity index (χ3v) is 4.13. The first-order valence-corrected chi connectivity index (χ1v) is 8.05. The van der Waals surface area contributed by atoms with Crippen LogP contribution in [0.2, 0.25) is 0 Å². The Kier molecular flexibility index (Phi) is 5.76. The fourth-order valence-corrected chi connectivity index (χ4v) is 2.75. The highest BCUT2D eigenvalue weighted by molar-refractivity contribution is 5.91. The monoisotopic (exact) mass is 327 g/mol. The number of aromatic amines is 1. The first kappa shape index (κ1) is 17.7. The van der Waals surface area contributed by atoms with Crippen LogP contribution in [-0.2, 0) is 6.42 Å². The third kappa shape index (κ3) is 3.65. The van der Waals surface area contributed by atoms with Gasteiger partial charge in [0.1, 0.15) is 17.8 Å². The summed E-state index contributed by atoms with van der Waals surface area (Å²) in [5.74, 6) is 0.904. The van der Waals surface area contributed by atoms with Gasteiger partial charge in [-0.1, -0.05) is 12.1 Å². The zero-order chi connectivity index (χ0) is 16.2. The van der Waals surface area contributed by atoms with Crippen LogP contribution in [0.5, 0.6) is 0 Å². The molecule has 0 saturated carbocycles. The Hall–Kier alpha value is -2.60. The van der Waals surface area contributed by atoms with Crippen LogP contribution < -0.4 is 10.6 Å². The summed E-state index contributed by atoms with van der Waals surface area (Å²) in [7, 11) is 0. The second-order valence-corrected chi connectivity index (χ2v) is 5.72. The molecule has 0 radical (unpaired) electrons. The molecular formula is C18H25N5O. The standard InChI is InChI=1S/C18H23N5.H2O/c1-4-19-15-7-5-14(6-8-15)9-10-20-17-16-12(2)13(3)23-18(16)22-11-21-17;/h5-8,11,19H,4,9-10H2,1-3H3,(H2,20,21,22,23);1H2. The molecule has 3 aromatic rings. The quantitative estimate of drug-likeness (QED) is 0.648. The van der Waals surface area contributed by atoms with Gasteiger partial charge >= 0.3 is 0 Å². The van der Waals surface area contributed by atoms with Crippen LogP contribution in [0, 0.1) is 13.8 Å². The number of fused-ring (bicyclic) bond motifs is 1. The molecule has 0 bridgehead atoms. The van der Waals surface area contributed by atoms with E-state index in [0.29, 0.717) is 0 Å². The molecule has 5 N–H and O–H groups in total. The fraction of sp³-hybridized carbons (Fsp3) is 0.333. The van der Waals surface area contributed by atoms with Crippen molar-refractivity contribution >= 4 is 22.5 Å². The maximum absolute atomic E-state index is 4.40. The molecule has 0 atom stereocenters. The Morgan fingerprint density at radius 3 is 2.50 bits per heavy atom. The Labute approximate surface area is 142 Å². The Bertz CT molecular complexity index is 795. The summed E-state index contributed by atoms with van der Waals surface area (Å²) < 4.78 is 0. The van der Waals surface area contributed by atoms with Gasteiger partial charge in [-0.2, -0.15) is 0 Å². The number of H-pyrrole nitrogens is 1. The number of nitrogens with zero attached hydrogens (tertiary/aromatic N) is 2. The summed E-state index contributed by atoms with van der Waals surface area (Å²) in [5, 5.41) is 7.84. The largest absolute Gasteiger partial charge is 0.412 e. The number of nitrogens with one attached hydrogen (secondary N) is 3. The van der Waals surface area contributed by atoms with Crippen molar-refractivity contribution in [1.82, 2.24) is 15.0 Å². The molecule has 1 aromatic carbocycles. The molecule has 24 heavy (non-hydrogen) atoms. The number of benzene rings is 1. The van der Waals surface area contributed by atoms with Gasteiger partial charge in [0.15, 0.2) is 0 Å². The van der Waals surface area contributed by atoms with E-state index in [1.807, 2.05) is 0 Å². The van der Waals surface area contributed by atoms with Gasteiger partial charge in [-0.25, -0.2) is 9.97 Å². The van der Waals surface area contributed by atoms with Crippen LogP contribution in [0.25, 0.3) is 11.0 Å². The number of hydrogen-bond donors (Lipinski definition) is 3. The third-order valence-electron chi connectivity index (χ3n) is 4.13. The molecule has 0 spiro atoms. The molecule has 0 saturated heterocycles. The molecule has 0 aliphatic carbocycles. The molecule has 0 aliphatic heterocycles. The first-order valence-electron chi connectivity index (χ1n) is 8.05. The maximum Gasteiger partial charge on any atom is 0.143 e. The number of anilines is 2. The van der Waals surface area contributed by atoms with Crippen molar-refractivity contribution in [3.8, 4) is 0 Å². The van der Waals surface area contributed by atoms with Crippen molar-refractivity contribution in [2.45, 2.75) is 27.2 Å². The van der Waals surface area contributed by atoms with Crippen molar-refractivity contribution in [3.05, 3.63) is 47.4 Å². The number of rotatable bonds is 6. The lowest BCUT2D eigenvalue weighted by molar-refractivity contribution is 0.824. The van der Waals surface area contributed by atoms with Crippen LogP contribution >= 0.6 is 0 Å². The van der Waals surface area contributed by atoms with Crippen molar-refractivity contribution in [1.29, 1.82) is 0 Å². The predicted octanol–water partition coefficient (Wildman–Crippen LogP) is 2.84. The first-order chi connectivity index (χ1) is 11.2. The maximum atomic E-state index is 4.40. The van der Waals surface area contributed by atoms with Crippen molar-refractivity contribution in [3.63, 3.8) is 0 Å². The van der Waals surface area contributed by atoms with Gasteiger partial charge in [0.25, 0.3) is 0 Å². The van der Waals surface area contributed by atoms with Crippen molar-refractivity contribution < 1.29 is 5.48 Å². The molecule has 0 amide bonds. The van der Waals surface area contributed by atoms with Crippen LogP contribution in [0.15, 0.2) is 30.6 Å². The number of aryl methyl sites for hydroxylation is 2. The van der Waals surface area contributed by atoms with E-state index >= 15 is 0 Å². The van der Waals surface area contributed by atoms with Gasteiger partial charge in [-0.05, 0) is 50.5 Å². The lowest BCUT2D eigenvalue weighted by Gasteiger charge is -2.08. The van der Waals surface area contributed by atoms with Gasteiger partial charge < -0.3 is 21.1 Å². The summed E-state index contributed by atoms with van der Waals surface area (Å²) in [5.41, 5.74) is 5.72. The topological polar surface area (TPSA) is 97.1 Å². The SMILES string of the molecule is CCNc1ccc(CCNc2ncnc3[nH]c(C)c(C)c23)cc1.O. The van der Waals surface area contributed by atoms with E-state index in [1.165, 1.54) is 16.8 Å². The number of hydrogen-bond acceptors (Lipinski definition) is 4. The predicted molar refractivity (Wildman–Crippen MR) is 99.8 cm³/mol. The zero-order valence-corrected chi connectivity index (χ0v) is 14.4. The summed E-state index contributed by atoms with van der Waals surface area (Å²) >= 11 is 0. The van der Waals surface area contributed by atoms with Gasteiger partial charge in [-0.15, -0.1) is 0 Å². The Morgan fingerprint density at radius 2 is 1.79 bits per heavy atom. The average molecular weight is 327 g/mol. The van der Waals surface area contributed by atoms with Crippen LogP contribution in [0.3, 0.4) is 0 Å². The van der Waals surface area contributed by atoms with Crippen LogP contribution in [0.1, 0.15) is 23.7 Å². The molecule has 0 fully saturated rings. The lowest BCUT2D eigenvalue weighted by Crippen LogP contribution is -2.07. The minimum Gasteiger partial charge on any atom is -0.412 e. The Morgan fingerprint density at radius 1 is 1.04 bits per heavy atom. The molecule has 2 heterocycles. The van der Waals surface area contributed by atoms with E-state index in [0.717, 1.165) is 42.1 Å². The number of aromatic nitrogens is 3. The average Bonchev–Trinajstić information content (AvgIpc) is 2.85. The van der Waals surface area contributed by atoms with Gasteiger partial charge in [0, 0.05) is 24.5 Å². The molecular weight excluding hydrogens is 302 g/mol. The van der Waals surface area contributed by atoms with E-state index in [-0.39, 0.29) is 5.48 Å². The van der Waals surface area contributed by atoms with Gasteiger partial charge in [-0.3, -0.25) is 0 Å².